The molecule has 2 aromatic carbocycles. The van der Waals surface area contributed by atoms with Gasteiger partial charge >= 0.3 is 0 Å². The van der Waals surface area contributed by atoms with Gasteiger partial charge in [0.1, 0.15) is 6.61 Å². The number of carboxylic acid groups (broad SMARTS) is 1. The van der Waals surface area contributed by atoms with Crippen molar-refractivity contribution in [3.63, 3.8) is 0 Å². The molecule has 1 amide bonds. The van der Waals surface area contributed by atoms with Crippen molar-refractivity contribution in [3.8, 4) is 17.0 Å². The maximum Gasteiger partial charge on any atom is 0.290 e. The summed E-state index contributed by atoms with van der Waals surface area (Å²) in [4.78, 5) is 34.6. The molecule has 4 aromatic rings. The van der Waals surface area contributed by atoms with Gasteiger partial charge in [-0.3, -0.25) is 14.0 Å². The Morgan fingerprint density at radius 2 is 1.86 bits per heavy atom. The largest absolute Gasteiger partial charge is 0.486 e. The monoisotopic (exact) mass is 697 g/mol. The molecule has 260 valence electrons. The lowest BCUT2D eigenvalue weighted by Crippen LogP contribution is -2.50. The van der Waals surface area contributed by atoms with Crippen molar-refractivity contribution in [1.29, 1.82) is 0 Å². The summed E-state index contributed by atoms with van der Waals surface area (Å²) in [6.07, 6.45) is 8.27. The van der Waals surface area contributed by atoms with Crippen LogP contribution in [0.3, 0.4) is 0 Å². The summed E-state index contributed by atoms with van der Waals surface area (Å²) in [5.74, 6) is -2.10. The molecule has 2 fully saturated rings. The Bertz CT molecular complexity index is 1790. The van der Waals surface area contributed by atoms with Crippen LogP contribution >= 0.6 is 11.6 Å². The Balaban J connectivity index is 0.00000103. The fourth-order valence-electron chi connectivity index (χ4n) is 5.66. The first-order valence-corrected chi connectivity index (χ1v) is 15.7. The van der Waals surface area contributed by atoms with Crippen molar-refractivity contribution >= 4 is 41.1 Å². The Hall–Kier alpha value is -5.05. The fraction of sp³-hybridized carbons (Fsp3) is 0.294. The number of benzene rings is 2. The molecular formula is C34H38ClF2N7O5. The van der Waals surface area contributed by atoms with E-state index in [1.807, 2.05) is 4.90 Å². The standard InChI is InChI=1S/C32H32ClF2N7O2.CH2O2.CH4O/c1-3-17-44-27-9-8-23(28(34)29(27)35)26-19-38-31-30(37-11-12-42(26)31)39-21-6-7-22(24(33)18-21)32(43)41-15-13-40(14-16-41)20(2)25-5-4-10-36-25;2-1-3;1-2/h3,6-9,11-12,18-19,25,36H,1-2,4-5,10,13-17H2,(H,37,39);1H,(H,2,3);2H,1H3. The van der Waals surface area contributed by atoms with E-state index in [9.17, 15) is 9.18 Å². The minimum atomic E-state index is -1.09. The van der Waals surface area contributed by atoms with Crippen molar-refractivity contribution in [1.82, 2.24) is 29.5 Å². The maximum absolute atomic E-state index is 15.0. The third-order valence-electron chi connectivity index (χ3n) is 8.01. The van der Waals surface area contributed by atoms with Crippen LogP contribution in [-0.4, -0.2) is 99.2 Å². The Labute approximate surface area is 287 Å². The number of aliphatic hydroxyl groups excluding tert-OH is 1. The number of carbonyl (C=O) groups is 2. The summed E-state index contributed by atoms with van der Waals surface area (Å²) >= 11 is 6.60. The van der Waals surface area contributed by atoms with Gasteiger partial charge in [-0.2, -0.15) is 4.39 Å². The molecule has 0 saturated carbocycles. The van der Waals surface area contributed by atoms with Crippen molar-refractivity contribution in [2.45, 2.75) is 18.9 Å². The first kappa shape index (κ1) is 36.8. The number of nitrogens with zero attached hydrogens (tertiary/aromatic N) is 5. The van der Waals surface area contributed by atoms with E-state index in [2.05, 4.69) is 38.7 Å². The van der Waals surface area contributed by atoms with Gasteiger partial charge < -0.3 is 35.4 Å². The van der Waals surface area contributed by atoms with Crippen LogP contribution in [0.15, 0.2) is 73.9 Å². The van der Waals surface area contributed by atoms with E-state index >= 15 is 4.39 Å². The first-order valence-electron chi connectivity index (χ1n) is 15.4. The lowest BCUT2D eigenvalue weighted by molar-refractivity contribution is -0.122. The number of fused-ring (bicyclic) bond motifs is 1. The van der Waals surface area contributed by atoms with Crippen LogP contribution in [0.2, 0.25) is 5.02 Å². The predicted molar refractivity (Wildman–Crippen MR) is 183 cm³/mol. The Morgan fingerprint density at radius 3 is 2.51 bits per heavy atom. The number of anilines is 2. The van der Waals surface area contributed by atoms with Crippen LogP contribution in [0.25, 0.3) is 16.9 Å². The van der Waals surface area contributed by atoms with Gasteiger partial charge in [0.05, 0.1) is 22.5 Å². The van der Waals surface area contributed by atoms with Gasteiger partial charge in [-0.15, -0.1) is 0 Å². The van der Waals surface area contributed by atoms with Crippen LogP contribution in [0.5, 0.6) is 5.75 Å². The molecule has 15 heteroatoms. The molecule has 2 aromatic heterocycles. The number of halogens is 3. The van der Waals surface area contributed by atoms with Gasteiger partial charge in [-0.05, 0) is 49.7 Å². The number of nitrogens with one attached hydrogen (secondary N) is 2. The minimum Gasteiger partial charge on any atom is -0.486 e. The number of aliphatic hydroxyl groups is 1. The number of ether oxygens (including phenoxy) is 1. The second-order valence-electron chi connectivity index (χ2n) is 10.8. The summed E-state index contributed by atoms with van der Waals surface area (Å²) in [5, 5.41) is 20.9. The van der Waals surface area contributed by atoms with E-state index in [4.69, 9.17) is 31.3 Å². The van der Waals surface area contributed by atoms with Gasteiger partial charge in [0.2, 0.25) is 5.82 Å². The Morgan fingerprint density at radius 1 is 1.14 bits per heavy atom. The molecule has 1 unspecified atom stereocenters. The highest BCUT2D eigenvalue weighted by Crippen LogP contribution is 2.32. The maximum atomic E-state index is 15.0. The fourth-order valence-corrected chi connectivity index (χ4v) is 5.92. The van der Waals surface area contributed by atoms with Gasteiger partial charge in [0.15, 0.2) is 23.0 Å². The van der Waals surface area contributed by atoms with Crippen molar-refractivity contribution in [2.24, 2.45) is 0 Å². The molecular weight excluding hydrogens is 660 g/mol. The molecule has 1 atom stereocenters. The molecule has 2 saturated heterocycles. The van der Waals surface area contributed by atoms with Crippen molar-refractivity contribution in [2.75, 3.05) is 51.8 Å². The number of piperazine rings is 1. The predicted octanol–water partition coefficient (Wildman–Crippen LogP) is 4.97. The normalized spacial score (nSPS) is 15.4. The quantitative estimate of drug-likeness (QED) is 0.140. The first-order chi connectivity index (χ1) is 23.8. The Kier molecular flexibility index (Phi) is 13.0. The van der Waals surface area contributed by atoms with E-state index in [1.165, 1.54) is 30.6 Å². The average molecular weight is 698 g/mol. The molecule has 12 nitrogen and oxygen atoms in total. The average Bonchev–Trinajstić information content (AvgIpc) is 3.82. The highest BCUT2D eigenvalue weighted by Gasteiger charge is 2.28. The lowest BCUT2D eigenvalue weighted by Gasteiger charge is -2.38. The molecule has 49 heavy (non-hydrogen) atoms. The zero-order valence-corrected chi connectivity index (χ0v) is 27.7. The van der Waals surface area contributed by atoms with Gasteiger partial charge in [-0.25, -0.2) is 14.4 Å². The van der Waals surface area contributed by atoms with Crippen LogP contribution in [0.4, 0.5) is 20.3 Å². The van der Waals surface area contributed by atoms with E-state index in [1.54, 1.807) is 28.8 Å². The molecule has 4 N–H and O–H groups in total. The molecule has 0 spiro atoms. The number of hydrogen-bond donors (Lipinski definition) is 4. The van der Waals surface area contributed by atoms with Crippen molar-refractivity contribution in [3.05, 3.63) is 96.1 Å². The number of hydrogen-bond acceptors (Lipinski definition) is 9. The number of carbonyl (C=O) groups excluding carboxylic acids is 1. The number of imidazole rings is 1. The molecule has 0 bridgehead atoms. The van der Waals surface area contributed by atoms with Crippen LogP contribution < -0.4 is 15.4 Å². The topological polar surface area (TPSA) is 145 Å². The summed E-state index contributed by atoms with van der Waals surface area (Å²) in [7, 11) is 1.00. The summed E-state index contributed by atoms with van der Waals surface area (Å²) in [5.41, 5.74) is 2.83. The number of rotatable bonds is 9. The van der Waals surface area contributed by atoms with Crippen LogP contribution in [0, 0.1) is 11.6 Å². The third kappa shape index (κ3) is 8.34. The van der Waals surface area contributed by atoms with Gasteiger partial charge in [-0.1, -0.05) is 30.8 Å². The lowest BCUT2D eigenvalue weighted by atomic mass is 10.1. The number of aromatic nitrogens is 3. The molecule has 2 aliphatic heterocycles. The summed E-state index contributed by atoms with van der Waals surface area (Å²) in [6, 6.07) is 8.21. The van der Waals surface area contributed by atoms with Gasteiger partial charge in [0.25, 0.3) is 12.4 Å². The summed E-state index contributed by atoms with van der Waals surface area (Å²) in [6.45, 7) is 11.3. The highest BCUT2D eigenvalue weighted by molar-refractivity contribution is 6.34. The van der Waals surface area contributed by atoms with E-state index in [-0.39, 0.29) is 30.3 Å². The molecule has 4 heterocycles. The second-order valence-corrected chi connectivity index (χ2v) is 11.2. The van der Waals surface area contributed by atoms with Crippen molar-refractivity contribution < 1.29 is 33.3 Å². The number of amides is 1. The zero-order chi connectivity index (χ0) is 35.5. The molecule has 6 rings (SSSR count). The molecule has 2 aliphatic rings. The zero-order valence-electron chi connectivity index (χ0n) is 26.9. The van der Waals surface area contributed by atoms with Gasteiger partial charge in [0, 0.05) is 68.7 Å². The highest BCUT2D eigenvalue weighted by atomic mass is 35.5. The van der Waals surface area contributed by atoms with Crippen LogP contribution in [-0.2, 0) is 4.79 Å². The smallest absolute Gasteiger partial charge is 0.290 e. The van der Waals surface area contributed by atoms with E-state index in [0.29, 0.717) is 52.6 Å². The van der Waals surface area contributed by atoms with E-state index < -0.39 is 11.6 Å². The van der Waals surface area contributed by atoms with E-state index in [0.717, 1.165) is 45.3 Å². The second kappa shape index (κ2) is 17.4. The minimum absolute atomic E-state index is 0.0179. The third-order valence-corrected chi connectivity index (χ3v) is 8.32. The molecule has 0 aliphatic carbocycles. The summed E-state index contributed by atoms with van der Waals surface area (Å²) < 4.78 is 36.5. The molecule has 0 radical (unpaired) electrons. The van der Waals surface area contributed by atoms with Crippen LogP contribution in [0.1, 0.15) is 23.2 Å². The SMILES string of the molecule is C=CCOc1ccc(-c2cnc3c(Nc4ccc(C(=O)N5CCN(C(=C)C6CCCN6)CC5)c(Cl)c4)nccn23)c(F)c1F.CO.O=CO.